The zero-order valence-electron chi connectivity index (χ0n) is 10.3. The molecule has 1 atom stereocenters. The number of hydrogen-bond donors (Lipinski definition) is 2. The lowest BCUT2D eigenvalue weighted by atomic mass is 10.2. The molecule has 0 aromatic rings. The number of carbonyl (C=O) groups excluding carboxylic acids is 1. The lowest BCUT2D eigenvalue weighted by Gasteiger charge is -2.21. The second kappa shape index (κ2) is 6.44. The summed E-state index contributed by atoms with van der Waals surface area (Å²) < 4.78 is 4.89. The van der Waals surface area contributed by atoms with Gasteiger partial charge in [0, 0.05) is 27.3 Å². The normalized spacial score (nSPS) is 16.4. The van der Waals surface area contributed by atoms with Crippen LogP contribution in [0.3, 0.4) is 0 Å². The molecule has 0 aliphatic heterocycles. The number of hydrogen-bond acceptors (Lipinski definition) is 3. The number of urea groups is 1. The van der Waals surface area contributed by atoms with Crippen LogP contribution < -0.4 is 5.32 Å². The van der Waals surface area contributed by atoms with Crippen LogP contribution >= 0.6 is 0 Å². The van der Waals surface area contributed by atoms with Crippen LogP contribution in [-0.4, -0.2) is 55.4 Å². The fourth-order valence-electron chi connectivity index (χ4n) is 1.60. The first kappa shape index (κ1) is 13.8. The summed E-state index contributed by atoms with van der Waals surface area (Å²) in [6, 6.07) is -1.08. The maximum absolute atomic E-state index is 11.7. The average Bonchev–Trinajstić information content (AvgIpc) is 3.09. The van der Waals surface area contributed by atoms with Crippen molar-refractivity contribution in [2.24, 2.45) is 5.92 Å². The van der Waals surface area contributed by atoms with Gasteiger partial charge in [-0.15, -0.1) is 0 Å². The maximum atomic E-state index is 11.7. The number of ether oxygens (including phenoxy) is 1. The van der Waals surface area contributed by atoms with Gasteiger partial charge in [-0.3, -0.25) is 0 Å². The molecule has 1 unspecified atom stereocenters. The highest BCUT2D eigenvalue weighted by Gasteiger charge is 2.37. The lowest BCUT2D eigenvalue weighted by molar-refractivity contribution is -0.139. The Hall–Kier alpha value is -1.30. The average molecular weight is 244 g/mol. The zero-order chi connectivity index (χ0) is 12.8. The van der Waals surface area contributed by atoms with Gasteiger partial charge in [-0.2, -0.15) is 0 Å². The summed E-state index contributed by atoms with van der Waals surface area (Å²) in [7, 11) is 3.25. The van der Waals surface area contributed by atoms with E-state index in [-0.39, 0.29) is 11.9 Å². The minimum Gasteiger partial charge on any atom is -0.480 e. The van der Waals surface area contributed by atoms with E-state index in [4.69, 9.17) is 9.84 Å². The van der Waals surface area contributed by atoms with Gasteiger partial charge in [-0.1, -0.05) is 0 Å². The molecule has 6 nitrogen and oxygen atoms in total. The number of nitrogens with zero attached hydrogens (tertiary/aromatic N) is 1. The first-order valence-electron chi connectivity index (χ1n) is 5.79. The minimum atomic E-state index is -0.953. The Kier molecular flexibility index (Phi) is 5.21. The number of rotatable bonds is 7. The van der Waals surface area contributed by atoms with Crippen LogP contribution in [0.4, 0.5) is 4.79 Å². The molecule has 0 bridgehead atoms. The van der Waals surface area contributed by atoms with Crippen LogP contribution in [0, 0.1) is 5.92 Å². The number of carboxylic acids is 1. The van der Waals surface area contributed by atoms with Crippen LogP contribution in [0.15, 0.2) is 0 Å². The van der Waals surface area contributed by atoms with Crippen molar-refractivity contribution >= 4 is 12.0 Å². The number of methoxy groups -OCH3 is 1. The number of carbonyl (C=O) groups is 2. The molecule has 1 saturated carbocycles. The van der Waals surface area contributed by atoms with E-state index in [9.17, 15) is 9.59 Å². The number of aliphatic carboxylic acids is 1. The topological polar surface area (TPSA) is 78.9 Å². The van der Waals surface area contributed by atoms with E-state index in [0.717, 1.165) is 19.3 Å². The molecule has 17 heavy (non-hydrogen) atoms. The number of amides is 2. The Morgan fingerprint density at radius 1 is 1.53 bits per heavy atom. The van der Waals surface area contributed by atoms with Crippen molar-refractivity contribution in [3.63, 3.8) is 0 Å². The summed E-state index contributed by atoms with van der Waals surface area (Å²) in [6.07, 6.45) is 2.50. The van der Waals surface area contributed by atoms with Gasteiger partial charge in [0.25, 0.3) is 0 Å². The lowest BCUT2D eigenvalue weighted by Crippen LogP contribution is -2.48. The molecule has 1 aliphatic rings. The molecule has 6 heteroatoms. The Morgan fingerprint density at radius 2 is 2.18 bits per heavy atom. The zero-order valence-corrected chi connectivity index (χ0v) is 10.3. The molecule has 0 saturated heterocycles. The van der Waals surface area contributed by atoms with Gasteiger partial charge in [0.1, 0.15) is 6.04 Å². The van der Waals surface area contributed by atoms with Crippen LogP contribution in [0.5, 0.6) is 0 Å². The molecule has 1 fully saturated rings. The molecular formula is C11H20N2O4. The molecule has 0 radical (unpaired) electrons. The molecule has 0 aromatic heterocycles. The maximum Gasteiger partial charge on any atom is 0.326 e. The van der Waals surface area contributed by atoms with Crippen molar-refractivity contribution in [3.8, 4) is 0 Å². The molecule has 2 amide bonds. The van der Waals surface area contributed by atoms with Crippen LogP contribution in [-0.2, 0) is 9.53 Å². The molecule has 2 N–H and O–H groups in total. The largest absolute Gasteiger partial charge is 0.480 e. The summed E-state index contributed by atoms with van der Waals surface area (Å²) in [5.74, 6) is -0.852. The van der Waals surface area contributed by atoms with Gasteiger partial charge >= 0.3 is 12.0 Å². The minimum absolute atomic E-state index is 0.101. The molecule has 98 valence electrons. The van der Waals surface area contributed by atoms with Crippen molar-refractivity contribution in [2.75, 3.05) is 27.3 Å². The summed E-state index contributed by atoms with van der Waals surface area (Å²) in [5, 5.41) is 11.5. The van der Waals surface area contributed by atoms with E-state index < -0.39 is 12.0 Å². The Labute approximate surface area is 101 Å². The monoisotopic (exact) mass is 244 g/mol. The first-order valence-corrected chi connectivity index (χ1v) is 5.79. The predicted octanol–water partition coefficient (Wildman–Crippen LogP) is 0.527. The van der Waals surface area contributed by atoms with Crippen molar-refractivity contribution in [3.05, 3.63) is 0 Å². The smallest absolute Gasteiger partial charge is 0.326 e. The SMILES string of the molecule is COCCCN(C)C(=O)NC(C(=O)O)C1CC1. The van der Waals surface area contributed by atoms with E-state index >= 15 is 0 Å². The first-order chi connectivity index (χ1) is 8.06. The van der Waals surface area contributed by atoms with Gasteiger partial charge in [0.2, 0.25) is 0 Å². The molecule has 0 heterocycles. The number of nitrogens with one attached hydrogen (secondary N) is 1. The molecule has 0 spiro atoms. The van der Waals surface area contributed by atoms with E-state index in [1.54, 1.807) is 14.2 Å². The van der Waals surface area contributed by atoms with E-state index in [1.165, 1.54) is 4.90 Å². The van der Waals surface area contributed by atoms with E-state index in [0.29, 0.717) is 13.2 Å². The highest BCUT2D eigenvalue weighted by Crippen LogP contribution is 2.32. The van der Waals surface area contributed by atoms with Crippen molar-refractivity contribution in [2.45, 2.75) is 25.3 Å². The summed E-state index contributed by atoms with van der Waals surface area (Å²) >= 11 is 0. The second-order valence-electron chi connectivity index (χ2n) is 4.37. The number of carboxylic acid groups (broad SMARTS) is 1. The van der Waals surface area contributed by atoms with Gasteiger partial charge in [0.15, 0.2) is 0 Å². The third-order valence-corrected chi connectivity index (χ3v) is 2.83. The predicted molar refractivity (Wildman–Crippen MR) is 61.8 cm³/mol. The van der Waals surface area contributed by atoms with Crippen LogP contribution in [0.2, 0.25) is 0 Å². The Morgan fingerprint density at radius 3 is 2.65 bits per heavy atom. The van der Waals surface area contributed by atoms with E-state index in [1.807, 2.05) is 0 Å². The van der Waals surface area contributed by atoms with Gasteiger partial charge in [-0.25, -0.2) is 9.59 Å². The van der Waals surface area contributed by atoms with Crippen molar-refractivity contribution in [1.82, 2.24) is 10.2 Å². The molecule has 0 aromatic carbocycles. The fourth-order valence-corrected chi connectivity index (χ4v) is 1.60. The van der Waals surface area contributed by atoms with Crippen molar-refractivity contribution in [1.29, 1.82) is 0 Å². The second-order valence-corrected chi connectivity index (χ2v) is 4.37. The highest BCUT2D eigenvalue weighted by atomic mass is 16.5. The third kappa shape index (κ3) is 4.60. The quantitative estimate of drug-likeness (QED) is 0.640. The van der Waals surface area contributed by atoms with Gasteiger partial charge in [-0.05, 0) is 25.2 Å². The molecule has 1 rings (SSSR count). The summed E-state index contributed by atoms with van der Waals surface area (Å²) in [4.78, 5) is 24.1. The summed E-state index contributed by atoms with van der Waals surface area (Å²) in [5.41, 5.74) is 0. The molecule has 1 aliphatic carbocycles. The standard InChI is InChI=1S/C11H20N2O4/c1-13(6-3-7-17-2)11(16)12-9(10(14)15)8-4-5-8/h8-9H,3-7H2,1-2H3,(H,12,16)(H,14,15). The fraction of sp³-hybridized carbons (Fsp3) is 0.818. The highest BCUT2D eigenvalue weighted by molar-refractivity contribution is 5.83. The van der Waals surface area contributed by atoms with Crippen LogP contribution in [0.25, 0.3) is 0 Å². The van der Waals surface area contributed by atoms with Gasteiger partial charge < -0.3 is 20.1 Å². The van der Waals surface area contributed by atoms with Crippen LogP contribution in [0.1, 0.15) is 19.3 Å². The molecular weight excluding hydrogens is 224 g/mol. The van der Waals surface area contributed by atoms with Gasteiger partial charge in [0.05, 0.1) is 0 Å². The van der Waals surface area contributed by atoms with E-state index in [2.05, 4.69) is 5.32 Å². The Balaban J connectivity index is 2.32. The third-order valence-electron chi connectivity index (χ3n) is 2.83. The Bertz CT molecular complexity index is 279. The van der Waals surface area contributed by atoms with Crippen molar-refractivity contribution < 1.29 is 19.4 Å². The summed E-state index contributed by atoms with van der Waals surface area (Å²) in [6.45, 7) is 1.14.